The topological polar surface area (TPSA) is 9.86 Å². The number of hydrogen-bond acceptors (Lipinski definition) is 0. The van der Waals surface area contributed by atoms with Crippen LogP contribution in [0.5, 0.6) is 0 Å². The number of nitrogens with zero attached hydrogens (tertiary/aromatic N) is 2. The second-order valence-corrected chi connectivity index (χ2v) is 16.7. The predicted octanol–water partition coefficient (Wildman–Crippen LogP) is 15.7. The molecular formula is C58H40N2. The molecule has 2 aromatic heterocycles. The quantitative estimate of drug-likeness (QED) is 0.158. The van der Waals surface area contributed by atoms with Crippen molar-refractivity contribution in [1.82, 2.24) is 9.13 Å². The number of aromatic nitrogens is 2. The smallest absolute Gasteiger partial charge is 0.0538 e. The van der Waals surface area contributed by atoms with Crippen molar-refractivity contribution in [2.24, 2.45) is 0 Å². The fourth-order valence-electron chi connectivity index (χ4n) is 10.6. The van der Waals surface area contributed by atoms with E-state index in [1.54, 1.807) is 0 Å². The molecule has 0 radical (unpaired) electrons. The van der Waals surface area contributed by atoms with E-state index >= 15 is 0 Å². The highest BCUT2D eigenvalue weighted by Crippen LogP contribution is 2.42. The standard InChI is InChI=1S/C58H40N2/c1-2-12-39-33-44(29-23-37(39)11-1)60-56-20-10-8-18-51(56)54-36-42(26-32-58(54)60)41-25-31-57-53(35-41)50-17-7-9-19-55(50)59(57)43-27-21-38(22-28-43)40-24-30-49-47-15-4-3-13-45(47)46-14-5-6-16-48(46)52(49)34-40/h1-9,11-19,21,23-27,29-36H,10,20,22,28H2. The number of rotatable bonds is 4. The van der Waals surface area contributed by atoms with Crippen LogP contribution in [0.4, 0.5) is 0 Å². The fourth-order valence-corrected chi connectivity index (χ4v) is 10.6. The van der Waals surface area contributed by atoms with Gasteiger partial charge >= 0.3 is 0 Å². The van der Waals surface area contributed by atoms with E-state index in [2.05, 4.69) is 203 Å². The molecular weight excluding hydrogens is 725 g/mol. The Morgan fingerprint density at radius 1 is 0.367 bits per heavy atom. The molecule has 0 atom stereocenters. The van der Waals surface area contributed by atoms with Crippen LogP contribution >= 0.6 is 0 Å². The molecule has 0 unspecified atom stereocenters. The molecule has 2 aliphatic carbocycles. The van der Waals surface area contributed by atoms with E-state index in [1.165, 1.54) is 121 Å². The van der Waals surface area contributed by atoms with Crippen LogP contribution in [0.1, 0.15) is 36.1 Å². The molecule has 13 rings (SSSR count). The number of benzene rings is 9. The zero-order valence-electron chi connectivity index (χ0n) is 33.2. The van der Waals surface area contributed by atoms with Gasteiger partial charge in [-0.15, -0.1) is 0 Å². The van der Waals surface area contributed by atoms with Gasteiger partial charge in [0.05, 0.1) is 16.6 Å². The van der Waals surface area contributed by atoms with Crippen LogP contribution in [0.25, 0.3) is 110 Å². The van der Waals surface area contributed by atoms with Gasteiger partial charge in [0, 0.05) is 38.8 Å². The van der Waals surface area contributed by atoms with E-state index in [0.717, 1.165) is 25.7 Å². The summed E-state index contributed by atoms with van der Waals surface area (Å²) in [7, 11) is 0. The summed E-state index contributed by atoms with van der Waals surface area (Å²) in [5.41, 5.74) is 14.3. The molecule has 2 heteroatoms. The molecule has 11 aromatic rings. The van der Waals surface area contributed by atoms with Gasteiger partial charge in [0.25, 0.3) is 0 Å². The Hall–Kier alpha value is -7.42. The highest BCUT2D eigenvalue weighted by atomic mass is 15.0. The van der Waals surface area contributed by atoms with Crippen LogP contribution in [0, 0.1) is 0 Å². The monoisotopic (exact) mass is 764 g/mol. The lowest BCUT2D eigenvalue weighted by molar-refractivity contribution is 0.889. The zero-order chi connectivity index (χ0) is 39.3. The molecule has 0 amide bonds. The first kappa shape index (κ1) is 33.5. The average Bonchev–Trinajstić information content (AvgIpc) is 3.83. The maximum atomic E-state index is 2.51. The van der Waals surface area contributed by atoms with E-state index in [1.807, 2.05) is 0 Å². The van der Waals surface area contributed by atoms with Gasteiger partial charge in [-0.1, -0.05) is 140 Å². The Labute approximate surface area is 348 Å². The van der Waals surface area contributed by atoms with Crippen LogP contribution in [0.2, 0.25) is 0 Å². The molecule has 60 heavy (non-hydrogen) atoms. The van der Waals surface area contributed by atoms with Crippen molar-refractivity contribution in [3.05, 3.63) is 205 Å². The van der Waals surface area contributed by atoms with Gasteiger partial charge in [0.15, 0.2) is 0 Å². The van der Waals surface area contributed by atoms with Gasteiger partial charge in [-0.2, -0.15) is 0 Å². The van der Waals surface area contributed by atoms with Crippen LogP contribution in [0.3, 0.4) is 0 Å². The van der Waals surface area contributed by atoms with E-state index in [0.29, 0.717) is 0 Å². The minimum atomic E-state index is 0.974. The lowest BCUT2D eigenvalue weighted by atomic mass is 9.90. The number of fused-ring (bicyclic) bond motifs is 13. The van der Waals surface area contributed by atoms with E-state index in [9.17, 15) is 0 Å². The van der Waals surface area contributed by atoms with Gasteiger partial charge in [0.1, 0.15) is 0 Å². The van der Waals surface area contributed by atoms with Gasteiger partial charge < -0.3 is 9.13 Å². The molecule has 0 saturated carbocycles. The Morgan fingerprint density at radius 2 is 0.967 bits per heavy atom. The summed E-state index contributed by atoms with van der Waals surface area (Å²) in [5, 5.41) is 14.4. The summed E-state index contributed by atoms with van der Waals surface area (Å²) in [6, 6.07) is 63.5. The van der Waals surface area contributed by atoms with Crippen molar-refractivity contribution in [1.29, 1.82) is 0 Å². The summed E-state index contributed by atoms with van der Waals surface area (Å²) in [6.07, 6.45) is 13.5. The van der Waals surface area contributed by atoms with Crippen molar-refractivity contribution in [2.75, 3.05) is 0 Å². The molecule has 0 bridgehead atoms. The molecule has 9 aromatic carbocycles. The molecule has 0 saturated heterocycles. The van der Waals surface area contributed by atoms with E-state index in [-0.39, 0.29) is 0 Å². The second kappa shape index (κ2) is 13.0. The Bertz CT molecular complexity index is 3680. The summed E-state index contributed by atoms with van der Waals surface area (Å²) in [6.45, 7) is 0. The summed E-state index contributed by atoms with van der Waals surface area (Å²) < 4.78 is 5.01. The van der Waals surface area contributed by atoms with E-state index in [4.69, 9.17) is 0 Å². The summed E-state index contributed by atoms with van der Waals surface area (Å²) in [5.74, 6) is 0. The molecule has 0 spiro atoms. The fraction of sp³-hybridized carbons (Fsp3) is 0.0690. The third-order valence-corrected chi connectivity index (χ3v) is 13.5. The van der Waals surface area contributed by atoms with Crippen LogP contribution in [-0.4, -0.2) is 9.13 Å². The lowest BCUT2D eigenvalue weighted by Crippen LogP contribution is -2.02. The predicted molar refractivity (Wildman–Crippen MR) is 257 cm³/mol. The highest BCUT2D eigenvalue weighted by molar-refractivity contribution is 6.25. The third-order valence-electron chi connectivity index (χ3n) is 13.5. The van der Waals surface area contributed by atoms with Crippen molar-refractivity contribution >= 4 is 93.1 Å². The number of para-hydroxylation sites is 1. The molecule has 0 fully saturated rings. The first-order valence-electron chi connectivity index (χ1n) is 21.4. The zero-order valence-corrected chi connectivity index (χ0v) is 33.2. The molecule has 2 nitrogen and oxygen atoms in total. The largest absolute Gasteiger partial charge is 0.313 e. The average molecular weight is 765 g/mol. The van der Waals surface area contributed by atoms with Gasteiger partial charge in [-0.05, 0) is 146 Å². The van der Waals surface area contributed by atoms with Gasteiger partial charge in [-0.25, -0.2) is 0 Å². The molecule has 2 heterocycles. The van der Waals surface area contributed by atoms with Crippen LogP contribution in [0.15, 0.2) is 188 Å². The molecule has 282 valence electrons. The van der Waals surface area contributed by atoms with Crippen molar-refractivity contribution < 1.29 is 0 Å². The van der Waals surface area contributed by atoms with Gasteiger partial charge in [0.2, 0.25) is 0 Å². The van der Waals surface area contributed by atoms with Gasteiger partial charge in [-0.3, -0.25) is 0 Å². The summed E-state index contributed by atoms with van der Waals surface area (Å²) in [4.78, 5) is 0. The first-order valence-corrected chi connectivity index (χ1v) is 21.4. The maximum absolute atomic E-state index is 2.51. The Balaban J connectivity index is 0.900. The van der Waals surface area contributed by atoms with Crippen molar-refractivity contribution in [3.63, 3.8) is 0 Å². The van der Waals surface area contributed by atoms with E-state index < -0.39 is 0 Å². The van der Waals surface area contributed by atoms with Crippen LogP contribution in [-0.2, 0) is 6.42 Å². The minimum absolute atomic E-state index is 0.974. The molecule has 2 aliphatic rings. The second-order valence-electron chi connectivity index (χ2n) is 16.7. The van der Waals surface area contributed by atoms with Crippen molar-refractivity contribution in [2.45, 2.75) is 25.7 Å². The van der Waals surface area contributed by atoms with Crippen LogP contribution < -0.4 is 0 Å². The first-order chi connectivity index (χ1) is 29.7. The number of hydrogen-bond donors (Lipinski definition) is 0. The Morgan fingerprint density at radius 3 is 1.72 bits per heavy atom. The minimum Gasteiger partial charge on any atom is -0.313 e. The highest BCUT2D eigenvalue weighted by Gasteiger charge is 2.21. The van der Waals surface area contributed by atoms with Crippen molar-refractivity contribution in [3.8, 4) is 16.8 Å². The Kier molecular flexibility index (Phi) is 7.29. The summed E-state index contributed by atoms with van der Waals surface area (Å²) >= 11 is 0. The molecule has 0 N–H and O–H groups in total. The third kappa shape index (κ3) is 5.01. The lowest BCUT2D eigenvalue weighted by Gasteiger charge is -2.19. The normalized spacial score (nSPS) is 14.2. The SMILES string of the molecule is C1=Cc2c(n(-c3ccc4ccccc4c3)c3ccc(-c4ccc5c(c4)c4ccccc4n5C4=CC=C(c5ccc6c7ccccc7c7ccccc7c6c5)CC4)cc23)CC1. The number of allylic oxidation sites excluding steroid dienone is 5. The maximum Gasteiger partial charge on any atom is 0.0538 e. The molecule has 0 aliphatic heterocycles.